The van der Waals surface area contributed by atoms with E-state index in [-0.39, 0.29) is 5.75 Å². The van der Waals surface area contributed by atoms with Crippen LogP contribution in [0.15, 0.2) is 36.5 Å². The van der Waals surface area contributed by atoms with Crippen LogP contribution in [0.2, 0.25) is 0 Å². The van der Waals surface area contributed by atoms with E-state index in [9.17, 15) is 5.11 Å². The van der Waals surface area contributed by atoms with Gasteiger partial charge in [0.15, 0.2) is 5.82 Å². The Bertz CT molecular complexity index is 1050. The lowest BCUT2D eigenvalue weighted by molar-refractivity contribution is 0.312. The highest BCUT2D eigenvalue weighted by Crippen LogP contribution is 2.43. The smallest absolute Gasteiger partial charge is 0.151 e. The highest BCUT2D eigenvalue weighted by atomic mass is 16.3. The average Bonchev–Trinajstić information content (AvgIpc) is 3.27. The quantitative estimate of drug-likeness (QED) is 0.686. The highest BCUT2D eigenvalue weighted by molar-refractivity contribution is 5.69. The summed E-state index contributed by atoms with van der Waals surface area (Å²) in [6, 6.07) is 10.2. The first-order valence-electron chi connectivity index (χ1n) is 10.9. The van der Waals surface area contributed by atoms with E-state index in [1.807, 2.05) is 48.9 Å². The Hall–Kier alpha value is -2.89. The van der Waals surface area contributed by atoms with Crippen molar-refractivity contribution in [3.8, 4) is 22.7 Å². The molecule has 2 aliphatic carbocycles. The van der Waals surface area contributed by atoms with E-state index in [1.54, 1.807) is 6.07 Å². The second kappa shape index (κ2) is 7.42. The molecule has 30 heavy (non-hydrogen) atoms. The normalized spacial score (nSPS) is 23.0. The third-order valence-corrected chi connectivity index (χ3v) is 6.96. The van der Waals surface area contributed by atoms with E-state index in [1.165, 1.54) is 32.1 Å². The van der Waals surface area contributed by atoms with Gasteiger partial charge in [-0.25, -0.2) is 4.98 Å². The fourth-order valence-corrected chi connectivity index (χ4v) is 5.40. The van der Waals surface area contributed by atoms with Gasteiger partial charge in [0.1, 0.15) is 11.6 Å². The lowest BCUT2D eigenvalue weighted by atomic mass is 9.85. The van der Waals surface area contributed by atoms with E-state index < -0.39 is 0 Å². The molecule has 5 rings (SSSR count). The van der Waals surface area contributed by atoms with Crippen molar-refractivity contribution in [3.63, 3.8) is 0 Å². The minimum Gasteiger partial charge on any atom is -0.507 e. The minimum atomic E-state index is 0.192. The van der Waals surface area contributed by atoms with Gasteiger partial charge in [-0.3, -0.25) is 0 Å². The monoisotopic (exact) mass is 403 g/mol. The molecule has 2 heterocycles. The molecule has 156 valence electrons. The first-order valence-corrected chi connectivity index (χ1v) is 10.9. The van der Waals surface area contributed by atoms with Gasteiger partial charge in [0, 0.05) is 30.9 Å². The van der Waals surface area contributed by atoms with Gasteiger partial charge < -0.3 is 14.6 Å². The zero-order chi connectivity index (χ0) is 20.8. The van der Waals surface area contributed by atoms with Crippen molar-refractivity contribution < 1.29 is 5.11 Å². The Morgan fingerprint density at radius 2 is 1.77 bits per heavy atom. The SMILES string of the molecule is Cc1cn(-c2ccc(-c3ccc(N(C)C4CC5CC[C@@H](C5)C4)nn3)c(O)c2)c(C)n1. The Labute approximate surface area is 177 Å². The Balaban J connectivity index is 1.36. The van der Waals surface area contributed by atoms with E-state index in [4.69, 9.17) is 0 Å². The number of nitrogens with zero attached hydrogens (tertiary/aromatic N) is 5. The van der Waals surface area contributed by atoms with E-state index in [0.717, 1.165) is 34.9 Å². The first kappa shape index (κ1) is 19.1. The van der Waals surface area contributed by atoms with Gasteiger partial charge in [-0.1, -0.05) is 12.8 Å². The van der Waals surface area contributed by atoms with Gasteiger partial charge in [0.05, 0.1) is 17.1 Å². The number of benzene rings is 1. The largest absolute Gasteiger partial charge is 0.507 e. The van der Waals surface area contributed by atoms with Crippen LogP contribution in [-0.2, 0) is 0 Å². The predicted molar refractivity (Wildman–Crippen MR) is 118 cm³/mol. The molecule has 2 aromatic heterocycles. The number of hydrogen-bond acceptors (Lipinski definition) is 5. The summed E-state index contributed by atoms with van der Waals surface area (Å²) in [5.74, 6) is 3.77. The second-order valence-electron chi connectivity index (χ2n) is 9.06. The van der Waals surface area contributed by atoms with Crippen molar-refractivity contribution in [2.45, 2.75) is 52.0 Å². The highest BCUT2D eigenvalue weighted by Gasteiger charge is 2.36. The van der Waals surface area contributed by atoms with Crippen LogP contribution < -0.4 is 4.90 Å². The van der Waals surface area contributed by atoms with E-state index >= 15 is 0 Å². The number of aromatic nitrogens is 4. The van der Waals surface area contributed by atoms with Crippen LogP contribution >= 0.6 is 0 Å². The van der Waals surface area contributed by atoms with Crippen LogP contribution in [0.5, 0.6) is 5.75 Å². The third kappa shape index (κ3) is 3.44. The molecule has 3 aromatic rings. The maximum absolute atomic E-state index is 10.6. The number of anilines is 1. The van der Waals surface area contributed by atoms with Crippen LogP contribution in [0.4, 0.5) is 5.82 Å². The zero-order valence-corrected chi connectivity index (χ0v) is 17.9. The van der Waals surface area contributed by atoms with Crippen LogP contribution in [0.25, 0.3) is 16.9 Å². The van der Waals surface area contributed by atoms with Crippen molar-refractivity contribution in [1.29, 1.82) is 0 Å². The summed E-state index contributed by atoms with van der Waals surface area (Å²) in [5.41, 5.74) is 3.20. The first-order chi connectivity index (χ1) is 14.5. The van der Waals surface area contributed by atoms with Crippen molar-refractivity contribution in [2.24, 2.45) is 11.8 Å². The lowest BCUT2D eigenvalue weighted by Crippen LogP contribution is -2.37. The summed E-state index contributed by atoms with van der Waals surface area (Å²) >= 11 is 0. The lowest BCUT2D eigenvalue weighted by Gasteiger charge is -2.35. The molecule has 2 unspecified atom stereocenters. The number of aryl methyl sites for hydroxylation is 2. The number of aromatic hydroxyl groups is 1. The van der Waals surface area contributed by atoms with Gasteiger partial charge in [-0.15, -0.1) is 10.2 Å². The van der Waals surface area contributed by atoms with Crippen molar-refractivity contribution in [1.82, 2.24) is 19.7 Å². The molecule has 0 saturated heterocycles. The molecule has 2 saturated carbocycles. The van der Waals surface area contributed by atoms with Gasteiger partial charge in [0.25, 0.3) is 0 Å². The minimum absolute atomic E-state index is 0.192. The number of hydrogen-bond donors (Lipinski definition) is 1. The molecule has 3 atom stereocenters. The molecule has 2 fully saturated rings. The number of imidazole rings is 1. The van der Waals surface area contributed by atoms with Gasteiger partial charge >= 0.3 is 0 Å². The average molecular weight is 404 g/mol. The standard InChI is InChI=1S/C24H29N5O/c1-15-14-29(16(2)25-15)19-6-7-21(23(30)13-19)22-8-9-24(27-26-22)28(3)20-11-17-4-5-18(10-17)12-20/h6-9,13-14,17-18,20,30H,4-5,10-12H2,1-3H3/t17-,18?,20?/m0/s1. The molecular weight excluding hydrogens is 374 g/mol. The summed E-state index contributed by atoms with van der Waals surface area (Å²) in [6.45, 7) is 3.92. The van der Waals surface area contributed by atoms with E-state index in [2.05, 4.69) is 27.1 Å². The number of phenols is 1. The van der Waals surface area contributed by atoms with Gasteiger partial charge in [-0.05, 0) is 69.2 Å². The topological polar surface area (TPSA) is 67.1 Å². The van der Waals surface area contributed by atoms with Crippen LogP contribution in [0.1, 0.15) is 43.6 Å². The molecule has 0 spiro atoms. The molecule has 0 aliphatic heterocycles. The second-order valence-corrected chi connectivity index (χ2v) is 9.06. The molecule has 6 heteroatoms. The Morgan fingerprint density at radius 1 is 1.00 bits per heavy atom. The van der Waals surface area contributed by atoms with Gasteiger partial charge in [0.2, 0.25) is 0 Å². The summed E-state index contributed by atoms with van der Waals surface area (Å²) in [7, 11) is 2.14. The molecular formula is C24H29N5O. The molecule has 0 radical (unpaired) electrons. The number of phenolic OH excluding ortho intramolecular Hbond substituents is 1. The molecule has 6 nitrogen and oxygen atoms in total. The van der Waals surface area contributed by atoms with Crippen LogP contribution in [-0.4, -0.2) is 37.9 Å². The summed E-state index contributed by atoms with van der Waals surface area (Å²) < 4.78 is 1.97. The summed E-state index contributed by atoms with van der Waals surface area (Å²) in [6.07, 6.45) is 8.71. The maximum atomic E-state index is 10.6. The maximum Gasteiger partial charge on any atom is 0.151 e. The fourth-order valence-electron chi connectivity index (χ4n) is 5.40. The Morgan fingerprint density at radius 3 is 2.37 bits per heavy atom. The van der Waals surface area contributed by atoms with Crippen molar-refractivity contribution >= 4 is 5.82 Å². The predicted octanol–water partition coefficient (Wildman–Crippen LogP) is 4.67. The zero-order valence-electron chi connectivity index (χ0n) is 17.9. The van der Waals surface area contributed by atoms with Gasteiger partial charge in [-0.2, -0.15) is 0 Å². The number of fused-ring (bicyclic) bond motifs is 2. The van der Waals surface area contributed by atoms with Crippen LogP contribution in [0, 0.1) is 25.7 Å². The molecule has 0 amide bonds. The van der Waals surface area contributed by atoms with Crippen molar-refractivity contribution in [2.75, 3.05) is 11.9 Å². The van der Waals surface area contributed by atoms with Crippen molar-refractivity contribution in [3.05, 3.63) is 48.0 Å². The Kier molecular flexibility index (Phi) is 4.72. The molecule has 2 bridgehead atoms. The number of rotatable bonds is 4. The summed E-state index contributed by atoms with van der Waals surface area (Å²) in [5, 5.41) is 19.6. The fraction of sp³-hybridized carbons (Fsp3) is 0.458. The summed E-state index contributed by atoms with van der Waals surface area (Å²) in [4.78, 5) is 6.73. The van der Waals surface area contributed by atoms with E-state index in [0.29, 0.717) is 17.3 Å². The third-order valence-electron chi connectivity index (χ3n) is 6.96. The molecule has 1 aromatic carbocycles. The molecule has 2 aliphatic rings. The van der Waals surface area contributed by atoms with Crippen LogP contribution in [0.3, 0.4) is 0 Å². The molecule has 1 N–H and O–H groups in total.